The van der Waals surface area contributed by atoms with Crippen LogP contribution in [0.2, 0.25) is 0 Å². The molecule has 0 bridgehead atoms. The molecule has 1 heterocycles. The number of hydrogen-bond acceptors (Lipinski definition) is 4. The van der Waals surface area contributed by atoms with Gasteiger partial charge in [0, 0.05) is 25.4 Å². The van der Waals surface area contributed by atoms with E-state index < -0.39 is 0 Å². The van der Waals surface area contributed by atoms with Gasteiger partial charge < -0.3 is 19.4 Å². The van der Waals surface area contributed by atoms with Crippen LogP contribution in [-0.2, 0) is 24.2 Å². The molecule has 0 atom stereocenters. The van der Waals surface area contributed by atoms with E-state index in [0.29, 0.717) is 13.2 Å². The van der Waals surface area contributed by atoms with Gasteiger partial charge in [0.05, 0.1) is 24.8 Å². The molecular weight excluding hydrogens is 414 g/mol. The Bertz CT molecular complexity index is 1100. The topological polar surface area (TPSA) is 65.4 Å². The number of fused-ring (bicyclic) bond motifs is 1. The van der Waals surface area contributed by atoms with Crippen LogP contribution in [0.5, 0.6) is 11.5 Å². The molecule has 1 fully saturated rings. The molecule has 6 heteroatoms. The van der Waals surface area contributed by atoms with Gasteiger partial charge in [-0.15, -0.1) is 6.58 Å². The van der Waals surface area contributed by atoms with E-state index in [2.05, 4.69) is 28.6 Å². The lowest BCUT2D eigenvalue weighted by molar-refractivity contribution is -0.122. The third-order valence-corrected chi connectivity index (χ3v) is 5.95. The van der Waals surface area contributed by atoms with E-state index in [4.69, 9.17) is 14.5 Å². The van der Waals surface area contributed by atoms with Crippen LogP contribution in [0.3, 0.4) is 0 Å². The average Bonchev–Trinajstić information content (AvgIpc) is 3.63. The van der Waals surface area contributed by atoms with Crippen LogP contribution in [0.25, 0.3) is 11.0 Å². The van der Waals surface area contributed by atoms with Gasteiger partial charge in [0.15, 0.2) is 11.5 Å². The van der Waals surface area contributed by atoms with Crippen LogP contribution in [-0.4, -0.2) is 35.7 Å². The van der Waals surface area contributed by atoms with Gasteiger partial charge in [-0.25, -0.2) is 4.98 Å². The Hall–Kier alpha value is -3.28. The second-order valence-electron chi connectivity index (χ2n) is 8.52. The quantitative estimate of drug-likeness (QED) is 0.305. The summed E-state index contributed by atoms with van der Waals surface area (Å²) in [5.74, 6) is 3.02. The van der Waals surface area contributed by atoms with Gasteiger partial charge in [0.1, 0.15) is 5.82 Å². The number of nitrogens with one attached hydrogen (secondary N) is 1. The average molecular weight is 448 g/mol. The molecule has 0 aliphatic heterocycles. The van der Waals surface area contributed by atoms with Crippen molar-refractivity contribution in [3.05, 3.63) is 66.5 Å². The molecule has 3 aromatic rings. The molecule has 2 aromatic carbocycles. The Kier molecular flexibility index (Phi) is 7.66. The summed E-state index contributed by atoms with van der Waals surface area (Å²) in [6.45, 7) is 5.89. The lowest BCUT2D eigenvalue weighted by atomic mass is 10.1. The summed E-state index contributed by atoms with van der Waals surface area (Å²) in [4.78, 5) is 16.7. The first kappa shape index (κ1) is 22.9. The molecule has 33 heavy (non-hydrogen) atoms. The highest BCUT2D eigenvalue weighted by molar-refractivity contribution is 5.80. The fourth-order valence-corrected chi connectivity index (χ4v) is 4.04. The minimum atomic E-state index is 0.202. The van der Waals surface area contributed by atoms with E-state index in [9.17, 15) is 4.79 Å². The summed E-state index contributed by atoms with van der Waals surface area (Å²) in [5, 5.41) is 3.05. The Morgan fingerprint density at radius 1 is 1.21 bits per heavy atom. The number of benzene rings is 2. The van der Waals surface area contributed by atoms with Crippen molar-refractivity contribution in [1.29, 1.82) is 0 Å². The van der Waals surface area contributed by atoms with Crippen LogP contribution in [0.15, 0.2) is 55.1 Å². The van der Waals surface area contributed by atoms with Gasteiger partial charge in [0.2, 0.25) is 5.91 Å². The van der Waals surface area contributed by atoms with Gasteiger partial charge in [0.25, 0.3) is 0 Å². The van der Waals surface area contributed by atoms with Gasteiger partial charge >= 0.3 is 0 Å². The zero-order valence-electron chi connectivity index (χ0n) is 19.4. The number of aromatic nitrogens is 2. The molecule has 1 amide bonds. The number of nitrogens with zero attached hydrogens (tertiary/aromatic N) is 2. The van der Waals surface area contributed by atoms with Gasteiger partial charge in [-0.3, -0.25) is 4.79 Å². The number of allylic oxidation sites excluding steroid dienone is 1. The van der Waals surface area contributed by atoms with E-state index in [1.54, 1.807) is 7.11 Å². The van der Waals surface area contributed by atoms with E-state index in [0.717, 1.165) is 79.0 Å². The first-order valence-electron chi connectivity index (χ1n) is 11.8. The van der Waals surface area contributed by atoms with E-state index in [-0.39, 0.29) is 11.8 Å². The highest BCUT2D eigenvalue weighted by Crippen LogP contribution is 2.29. The number of amides is 1. The van der Waals surface area contributed by atoms with Crippen LogP contribution < -0.4 is 14.8 Å². The van der Waals surface area contributed by atoms with Gasteiger partial charge in [-0.2, -0.15) is 0 Å². The fraction of sp³-hybridized carbons (Fsp3) is 0.407. The SMILES string of the molecule is C=CCc1ccc(OCCCn2c(CCCNC(=O)C3CC3)nc3ccccc32)c(OC)c1. The number of imidazole rings is 1. The normalized spacial score (nSPS) is 13.1. The highest BCUT2D eigenvalue weighted by atomic mass is 16.5. The Balaban J connectivity index is 1.34. The van der Waals surface area contributed by atoms with Crippen molar-refractivity contribution in [2.45, 2.75) is 45.1 Å². The number of ether oxygens (including phenoxy) is 2. The third-order valence-electron chi connectivity index (χ3n) is 5.95. The fourth-order valence-electron chi connectivity index (χ4n) is 4.04. The number of rotatable bonds is 13. The van der Waals surface area contributed by atoms with E-state index in [1.807, 2.05) is 36.4 Å². The molecular formula is C27H33N3O3. The maximum Gasteiger partial charge on any atom is 0.223 e. The van der Waals surface area contributed by atoms with Crippen LogP contribution >= 0.6 is 0 Å². The van der Waals surface area contributed by atoms with E-state index in [1.165, 1.54) is 0 Å². The van der Waals surface area contributed by atoms with Crippen molar-refractivity contribution in [2.24, 2.45) is 5.92 Å². The minimum Gasteiger partial charge on any atom is -0.493 e. The molecule has 1 aliphatic rings. The maximum absolute atomic E-state index is 11.9. The van der Waals surface area contributed by atoms with Crippen molar-refractivity contribution in [3.8, 4) is 11.5 Å². The number of hydrogen-bond donors (Lipinski definition) is 1. The molecule has 0 spiro atoms. The summed E-state index contributed by atoms with van der Waals surface area (Å²) in [6, 6.07) is 14.2. The predicted octanol–water partition coefficient (Wildman–Crippen LogP) is 4.70. The zero-order chi connectivity index (χ0) is 23.0. The number of carbonyl (C=O) groups is 1. The summed E-state index contributed by atoms with van der Waals surface area (Å²) >= 11 is 0. The molecule has 4 rings (SSSR count). The second kappa shape index (κ2) is 11.0. The molecule has 174 valence electrons. The minimum absolute atomic E-state index is 0.202. The highest BCUT2D eigenvalue weighted by Gasteiger charge is 2.29. The standard InChI is InChI=1S/C27H33N3O3/c1-3-8-20-12-15-24(25(19-20)32-2)33-18-7-17-30-23-10-5-4-9-22(23)29-26(30)11-6-16-28-27(31)21-13-14-21/h3-5,9-10,12,15,19,21H,1,6-8,11,13-14,16-18H2,2H3,(H,28,31). The monoisotopic (exact) mass is 447 g/mol. The summed E-state index contributed by atoms with van der Waals surface area (Å²) < 4.78 is 13.8. The van der Waals surface area contributed by atoms with Crippen LogP contribution in [0.4, 0.5) is 0 Å². The number of aryl methyl sites for hydroxylation is 2. The number of para-hydroxylation sites is 2. The molecule has 0 radical (unpaired) electrons. The smallest absolute Gasteiger partial charge is 0.223 e. The Labute approximate surface area is 195 Å². The van der Waals surface area contributed by atoms with Crippen LogP contribution in [0.1, 0.15) is 37.1 Å². The summed E-state index contributed by atoms with van der Waals surface area (Å²) in [7, 11) is 1.66. The molecule has 1 N–H and O–H groups in total. The van der Waals surface area contributed by atoms with Crippen molar-refractivity contribution in [3.63, 3.8) is 0 Å². The largest absolute Gasteiger partial charge is 0.493 e. The Morgan fingerprint density at radius 3 is 2.85 bits per heavy atom. The second-order valence-corrected chi connectivity index (χ2v) is 8.52. The number of methoxy groups -OCH3 is 1. The van der Waals surface area contributed by atoms with Crippen molar-refractivity contribution < 1.29 is 14.3 Å². The molecule has 0 unspecified atom stereocenters. The summed E-state index contributed by atoms with van der Waals surface area (Å²) in [6.07, 6.45) is 7.32. The van der Waals surface area contributed by atoms with Crippen molar-refractivity contribution in [1.82, 2.24) is 14.9 Å². The van der Waals surface area contributed by atoms with Gasteiger partial charge in [-0.05, 0) is 61.9 Å². The molecule has 1 aliphatic carbocycles. The number of carbonyl (C=O) groups excluding carboxylic acids is 1. The zero-order valence-corrected chi connectivity index (χ0v) is 19.4. The molecule has 6 nitrogen and oxygen atoms in total. The summed E-state index contributed by atoms with van der Waals surface area (Å²) in [5.41, 5.74) is 3.30. The lowest BCUT2D eigenvalue weighted by Crippen LogP contribution is -2.26. The lowest BCUT2D eigenvalue weighted by Gasteiger charge is -2.13. The van der Waals surface area contributed by atoms with Gasteiger partial charge in [-0.1, -0.05) is 24.3 Å². The van der Waals surface area contributed by atoms with Crippen molar-refractivity contribution in [2.75, 3.05) is 20.3 Å². The predicted molar refractivity (Wildman–Crippen MR) is 131 cm³/mol. The van der Waals surface area contributed by atoms with E-state index >= 15 is 0 Å². The van der Waals surface area contributed by atoms with Crippen LogP contribution in [0, 0.1) is 5.92 Å². The van der Waals surface area contributed by atoms with Crippen molar-refractivity contribution >= 4 is 16.9 Å². The first-order valence-corrected chi connectivity index (χ1v) is 11.8. The first-order chi connectivity index (χ1) is 16.2. The maximum atomic E-state index is 11.9. The Morgan fingerprint density at radius 2 is 2.06 bits per heavy atom. The molecule has 1 aromatic heterocycles. The molecule has 0 saturated heterocycles. The molecule has 1 saturated carbocycles. The third kappa shape index (κ3) is 5.95.